The number of benzene rings is 2. The van der Waals surface area contributed by atoms with Gasteiger partial charge in [-0.3, -0.25) is 9.59 Å². The predicted octanol–water partition coefficient (Wildman–Crippen LogP) is 5.21. The van der Waals surface area contributed by atoms with E-state index in [0.29, 0.717) is 30.4 Å². The Morgan fingerprint density at radius 2 is 1.91 bits per heavy atom. The lowest BCUT2D eigenvalue weighted by Gasteiger charge is -2.32. The number of likely N-dealkylation sites (tertiary alicyclic amines) is 1. The molecule has 2 N–H and O–H groups in total. The minimum atomic E-state index is -0.262. The van der Waals surface area contributed by atoms with E-state index in [1.54, 1.807) is 17.0 Å². The first kappa shape index (κ1) is 22.3. The van der Waals surface area contributed by atoms with Gasteiger partial charge in [0.2, 0.25) is 5.91 Å². The molecule has 5 rings (SSSR count). The van der Waals surface area contributed by atoms with Crippen molar-refractivity contribution in [2.75, 3.05) is 19.6 Å². The number of hydrogen-bond acceptors (Lipinski definition) is 3. The highest BCUT2D eigenvalue weighted by molar-refractivity contribution is 6.31. The molecular formula is C27H26ClN3O3. The summed E-state index contributed by atoms with van der Waals surface area (Å²) in [6, 6.07) is 19.2. The summed E-state index contributed by atoms with van der Waals surface area (Å²) < 4.78 is 5.25. The van der Waals surface area contributed by atoms with E-state index in [2.05, 4.69) is 16.4 Å². The van der Waals surface area contributed by atoms with Gasteiger partial charge in [-0.15, -0.1) is 0 Å². The molecule has 1 aliphatic heterocycles. The van der Waals surface area contributed by atoms with Gasteiger partial charge in [0.05, 0.1) is 12.2 Å². The zero-order valence-electron chi connectivity index (χ0n) is 18.7. The number of nitrogens with zero attached hydrogens (tertiary/aromatic N) is 1. The van der Waals surface area contributed by atoms with Crippen LogP contribution in [0.15, 0.2) is 77.5 Å². The molecule has 34 heavy (non-hydrogen) atoms. The maximum atomic E-state index is 13.2. The molecule has 7 heteroatoms. The topological polar surface area (TPSA) is 78.3 Å². The Labute approximate surface area is 202 Å². The summed E-state index contributed by atoms with van der Waals surface area (Å²) >= 11 is 6.58. The summed E-state index contributed by atoms with van der Waals surface area (Å²) in [4.78, 5) is 30.9. The van der Waals surface area contributed by atoms with Crippen LogP contribution in [0.3, 0.4) is 0 Å². The standard InChI is InChI=1S/C27H26ClN3O3/c28-23-10-3-1-8-19(23)21(22-15-29-24-11-4-2-9-20(22)24)16-30-26(32)18-7-5-13-31(17-18)27(33)25-12-6-14-34-25/h1-4,6,8-12,14-15,18,21,29H,5,7,13,16-17H2,(H,30,32)/t18-,21+/m0/s1. The molecule has 0 aliphatic carbocycles. The van der Waals surface area contributed by atoms with Crippen LogP contribution in [0.25, 0.3) is 10.9 Å². The summed E-state index contributed by atoms with van der Waals surface area (Å²) in [5.41, 5.74) is 3.09. The van der Waals surface area contributed by atoms with Crippen molar-refractivity contribution in [1.82, 2.24) is 15.2 Å². The molecule has 2 atom stereocenters. The quantitative estimate of drug-likeness (QED) is 0.401. The Bertz CT molecular complexity index is 1300. The number of hydrogen-bond donors (Lipinski definition) is 2. The summed E-state index contributed by atoms with van der Waals surface area (Å²) in [5, 5.41) is 4.93. The molecule has 3 heterocycles. The minimum Gasteiger partial charge on any atom is -0.459 e. The van der Waals surface area contributed by atoms with Gasteiger partial charge >= 0.3 is 0 Å². The fraction of sp³-hybridized carbons (Fsp3) is 0.259. The average Bonchev–Trinajstić information content (AvgIpc) is 3.56. The van der Waals surface area contributed by atoms with Crippen molar-refractivity contribution in [1.29, 1.82) is 0 Å². The number of H-pyrrole nitrogens is 1. The van der Waals surface area contributed by atoms with Crippen LogP contribution in [-0.4, -0.2) is 41.3 Å². The molecule has 4 aromatic rings. The number of aromatic nitrogens is 1. The molecule has 2 aromatic carbocycles. The maximum absolute atomic E-state index is 13.2. The van der Waals surface area contributed by atoms with E-state index >= 15 is 0 Å². The van der Waals surface area contributed by atoms with Crippen LogP contribution >= 0.6 is 11.6 Å². The zero-order valence-corrected chi connectivity index (χ0v) is 19.4. The van der Waals surface area contributed by atoms with Gasteiger partial charge in [0.25, 0.3) is 5.91 Å². The molecule has 0 saturated carbocycles. The van der Waals surface area contributed by atoms with E-state index in [-0.39, 0.29) is 23.7 Å². The lowest BCUT2D eigenvalue weighted by atomic mass is 9.90. The lowest BCUT2D eigenvalue weighted by Crippen LogP contribution is -2.46. The molecule has 174 valence electrons. The van der Waals surface area contributed by atoms with Gasteiger partial charge < -0.3 is 19.6 Å². The molecule has 0 spiro atoms. The van der Waals surface area contributed by atoms with Crippen LogP contribution in [0.5, 0.6) is 0 Å². The largest absolute Gasteiger partial charge is 0.459 e. The highest BCUT2D eigenvalue weighted by Gasteiger charge is 2.30. The van der Waals surface area contributed by atoms with Crippen molar-refractivity contribution in [3.05, 3.63) is 95.0 Å². The Balaban J connectivity index is 1.34. The first-order valence-corrected chi connectivity index (χ1v) is 11.9. The average molecular weight is 476 g/mol. The van der Waals surface area contributed by atoms with Gasteiger partial charge in [-0.25, -0.2) is 0 Å². The normalized spacial score (nSPS) is 17.0. The first-order valence-electron chi connectivity index (χ1n) is 11.5. The number of halogens is 1. The number of piperidine rings is 1. The first-order chi connectivity index (χ1) is 16.6. The van der Waals surface area contributed by atoms with E-state index in [4.69, 9.17) is 16.0 Å². The number of carbonyl (C=O) groups is 2. The number of para-hydroxylation sites is 1. The second-order valence-corrected chi connectivity index (χ2v) is 9.08. The molecular weight excluding hydrogens is 450 g/mol. The molecule has 2 aromatic heterocycles. The van der Waals surface area contributed by atoms with E-state index in [9.17, 15) is 9.59 Å². The third-order valence-corrected chi connectivity index (χ3v) is 6.91. The van der Waals surface area contributed by atoms with Gasteiger partial charge in [0.1, 0.15) is 0 Å². The van der Waals surface area contributed by atoms with Crippen LogP contribution in [0, 0.1) is 5.92 Å². The molecule has 0 unspecified atom stereocenters. The number of amides is 2. The smallest absolute Gasteiger partial charge is 0.289 e. The Morgan fingerprint density at radius 3 is 2.74 bits per heavy atom. The second kappa shape index (κ2) is 9.77. The van der Waals surface area contributed by atoms with Crippen molar-refractivity contribution in [2.45, 2.75) is 18.8 Å². The minimum absolute atomic E-state index is 0.0474. The Hall–Kier alpha value is -3.51. The molecule has 1 aliphatic rings. The zero-order chi connectivity index (χ0) is 23.5. The molecule has 6 nitrogen and oxygen atoms in total. The lowest BCUT2D eigenvalue weighted by molar-refractivity contribution is -0.126. The van der Waals surface area contributed by atoms with Gasteiger partial charge in [-0.05, 0) is 48.2 Å². The third-order valence-electron chi connectivity index (χ3n) is 6.57. The van der Waals surface area contributed by atoms with Crippen molar-refractivity contribution in [2.24, 2.45) is 5.92 Å². The molecule has 1 fully saturated rings. The number of carbonyl (C=O) groups excluding carboxylic acids is 2. The molecule has 2 amide bonds. The maximum Gasteiger partial charge on any atom is 0.289 e. The number of furan rings is 1. The van der Waals surface area contributed by atoms with Crippen LogP contribution in [0.1, 0.15) is 40.4 Å². The van der Waals surface area contributed by atoms with Gasteiger partial charge in [-0.2, -0.15) is 0 Å². The van der Waals surface area contributed by atoms with E-state index in [1.807, 2.05) is 48.7 Å². The monoisotopic (exact) mass is 475 g/mol. The number of aromatic amines is 1. The summed E-state index contributed by atoms with van der Waals surface area (Å²) in [6.07, 6.45) is 5.01. The number of nitrogens with one attached hydrogen (secondary N) is 2. The van der Waals surface area contributed by atoms with Crippen molar-refractivity contribution in [3.63, 3.8) is 0 Å². The van der Waals surface area contributed by atoms with Crippen LogP contribution < -0.4 is 5.32 Å². The van der Waals surface area contributed by atoms with Crippen LogP contribution in [-0.2, 0) is 4.79 Å². The second-order valence-electron chi connectivity index (χ2n) is 8.68. The Morgan fingerprint density at radius 1 is 1.09 bits per heavy atom. The van der Waals surface area contributed by atoms with Crippen LogP contribution in [0.4, 0.5) is 0 Å². The summed E-state index contributed by atoms with van der Waals surface area (Å²) in [6.45, 7) is 1.42. The van der Waals surface area contributed by atoms with Gasteiger partial charge in [-0.1, -0.05) is 48.0 Å². The summed E-state index contributed by atoms with van der Waals surface area (Å²) in [7, 11) is 0. The highest BCUT2D eigenvalue weighted by atomic mass is 35.5. The van der Waals surface area contributed by atoms with Crippen LogP contribution in [0.2, 0.25) is 5.02 Å². The SMILES string of the molecule is O=C(NC[C@H](c1ccccc1Cl)c1c[nH]c2ccccc12)[C@H]1CCCN(C(=O)c2ccco2)C1. The van der Waals surface area contributed by atoms with Crippen molar-refractivity contribution < 1.29 is 14.0 Å². The summed E-state index contributed by atoms with van der Waals surface area (Å²) in [5.74, 6) is -0.288. The fourth-order valence-corrected chi connectivity index (χ4v) is 5.07. The van der Waals surface area contributed by atoms with Crippen molar-refractivity contribution in [3.8, 4) is 0 Å². The van der Waals surface area contributed by atoms with E-state index in [1.165, 1.54) is 6.26 Å². The molecule has 0 bridgehead atoms. The fourth-order valence-electron chi connectivity index (χ4n) is 4.81. The molecule has 1 saturated heterocycles. The Kier molecular flexibility index (Phi) is 6.41. The number of rotatable bonds is 6. The third kappa shape index (κ3) is 4.46. The van der Waals surface area contributed by atoms with Crippen molar-refractivity contribution >= 4 is 34.3 Å². The van der Waals surface area contributed by atoms with E-state index in [0.717, 1.165) is 34.9 Å². The van der Waals surface area contributed by atoms with E-state index < -0.39 is 0 Å². The van der Waals surface area contributed by atoms with Gasteiger partial charge in [0.15, 0.2) is 5.76 Å². The van der Waals surface area contributed by atoms with Gasteiger partial charge in [0, 0.05) is 47.7 Å². The number of fused-ring (bicyclic) bond motifs is 1. The predicted molar refractivity (Wildman–Crippen MR) is 132 cm³/mol. The molecule has 0 radical (unpaired) electrons. The highest BCUT2D eigenvalue weighted by Crippen LogP contribution is 2.34.